The molecule has 1 nitrogen and oxygen atoms in total. The molecule has 0 amide bonds. The standard InChI is InChI=1S/C11H10ClF6N/c12-1-2-19-6-7-3-8(10(13,14)15)5-9(4-7)11(16,17)18/h3-5,19H,1-2,6H2. The van der Waals surface area contributed by atoms with Gasteiger partial charge in [-0.2, -0.15) is 26.3 Å². The number of hydrogen-bond donors (Lipinski definition) is 1. The lowest BCUT2D eigenvalue weighted by Crippen LogP contribution is -2.18. The van der Waals surface area contributed by atoms with Crippen LogP contribution in [0.3, 0.4) is 0 Å². The number of alkyl halides is 7. The van der Waals surface area contributed by atoms with Crippen LogP contribution in [-0.2, 0) is 18.9 Å². The number of benzene rings is 1. The van der Waals surface area contributed by atoms with Crippen molar-refractivity contribution in [3.05, 3.63) is 34.9 Å². The highest BCUT2D eigenvalue weighted by molar-refractivity contribution is 6.18. The molecule has 108 valence electrons. The molecular formula is C11H10ClF6N. The fourth-order valence-corrected chi connectivity index (χ4v) is 1.55. The molecule has 1 rings (SSSR count). The fourth-order valence-electron chi connectivity index (χ4n) is 1.42. The molecule has 0 aliphatic heterocycles. The van der Waals surface area contributed by atoms with Gasteiger partial charge in [0.2, 0.25) is 0 Å². The molecule has 1 aromatic carbocycles. The predicted octanol–water partition coefficient (Wildman–Crippen LogP) is 4.05. The second-order valence-corrected chi connectivity index (χ2v) is 4.16. The first-order chi connectivity index (χ1) is 8.64. The van der Waals surface area contributed by atoms with Gasteiger partial charge in [0, 0.05) is 19.0 Å². The molecule has 0 aliphatic carbocycles. The maximum atomic E-state index is 12.5. The molecule has 0 fully saturated rings. The summed E-state index contributed by atoms with van der Waals surface area (Å²) in [5.41, 5.74) is -2.72. The summed E-state index contributed by atoms with van der Waals surface area (Å²) < 4.78 is 75.1. The molecule has 0 aliphatic rings. The average Bonchev–Trinajstić information content (AvgIpc) is 2.27. The van der Waals surface area contributed by atoms with Crippen molar-refractivity contribution in [3.63, 3.8) is 0 Å². The van der Waals surface area contributed by atoms with E-state index in [1.807, 2.05) is 0 Å². The average molecular weight is 306 g/mol. The van der Waals surface area contributed by atoms with Gasteiger partial charge in [0.1, 0.15) is 0 Å². The minimum Gasteiger partial charge on any atom is -0.311 e. The molecule has 0 bridgehead atoms. The minimum atomic E-state index is -4.82. The third-order valence-electron chi connectivity index (χ3n) is 2.25. The highest BCUT2D eigenvalue weighted by Gasteiger charge is 2.36. The van der Waals surface area contributed by atoms with Gasteiger partial charge in [-0.3, -0.25) is 0 Å². The molecule has 0 saturated heterocycles. The Balaban J connectivity index is 3.10. The molecule has 1 aromatic rings. The van der Waals surface area contributed by atoms with Crippen molar-refractivity contribution >= 4 is 11.6 Å². The van der Waals surface area contributed by atoms with Gasteiger partial charge in [-0.15, -0.1) is 11.6 Å². The SMILES string of the molecule is FC(F)(F)c1cc(CNCCCl)cc(C(F)(F)F)c1. The van der Waals surface area contributed by atoms with Crippen molar-refractivity contribution in [2.24, 2.45) is 0 Å². The first-order valence-corrected chi connectivity index (χ1v) is 5.73. The van der Waals surface area contributed by atoms with E-state index < -0.39 is 23.5 Å². The molecule has 0 radical (unpaired) electrons. The Bertz CT molecular complexity index is 394. The minimum absolute atomic E-state index is 0.0905. The number of rotatable bonds is 4. The van der Waals surface area contributed by atoms with Crippen LogP contribution >= 0.6 is 11.6 Å². The van der Waals surface area contributed by atoms with Gasteiger partial charge >= 0.3 is 12.4 Å². The number of nitrogens with one attached hydrogen (secondary N) is 1. The lowest BCUT2D eigenvalue weighted by atomic mass is 10.0. The monoisotopic (exact) mass is 305 g/mol. The van der Waals surface area contributed by atoms with Crippen LogP contribution in [0.5, 0.6) is 0 Å². The topological polar surface area (TPSA) is 12.0 Å². The smallest absolute Gasteiger partial charge is 0.311 e. The van der Waals surface area contributed by atoms with Crippen LogP contribution < -0.4 is 5.32 Å². The Morgan fingerprint density at radius 1 is 0.895 bits per heavy atom. The van der Waals surface area contributed by atoms with Crippen molar-refractivity contribution in [1.82, 2.24) is 5.32 Å². The van der Waals surface area contributed by atoms with E-state index >= 15 is 0 Å². The van der Waals surface area contributed by atoms with Crippen LogP contribution in [0.4, 0.5) is 26.3 Å². The Labute approximate surface area is 110 Å². The van der Waals surface area contributed by atoms with Gasteiger partial charge in [-0.1, -0.05) is 0 Å². The van der Waals surface area contributed by atoms with E-state index in [2.05, 4.69) is 5.32 Å². The van der Waals surface area contributed by atoms with Crippen LogP contribution in [-0.4, -0.2) is 12.4 Å². The van der Waals surface area contributed by atoms with Gasteiger partial charge < -0.3 is 5.32 Å². The van der Waals surface area contributed by atoms with Gasteiger partial charge in [-0.05, 0) is 23.8 Å². The second-order valence-electron chi connectivity index (χ2n) is 3.78. The van der Waals surface area contributed by atoms with Crippen molar-refractivity contribution in [2.75, 3.05) is 12.4 Å². The van der Waals surface area contributed by atoms with Crippen LogP contribution in [0, 0.1) is 0 Å². The molecule has 0 spiro atoms. The van der Waals surface area contributed by atoms with Gasteiger partial charge in [-0.25, -0.2) is 0 Å². The molecule has 8 heteroatoms. The Morgan fingerprint density at radius 2 is 1.37 bits per heavy atom. The van der Waals surface area contributed by atoms with Crippen LogP contribution in [0.2, 0.25) is 0 Å². The molecule has 0 unspecified atom stereocenters. The van der Waals surface area contributed by atoms with E-state index in [0.717, 1.165) is 0 Å². The van der Waals surface area contributed by atoms with Gasteiger partial charge in [0.25, 0.3) is 0 Å². The lowest BCUT2D eigenvalue weighted by molar-refractivity contribution is -0.143. The summed E-state index contributed by atoms with van der Waals surface area (Å²) in [6.07, 6.45) is -9.63. The van der Waals surface area contributed by atoms with E-state index in [4.69, 9.17) is 11.6 Å². The first kappa shape index (κ1) is 16.1. The van der Waals surface area contributed by atoms with Crippen LogP contribution in [0.15, 0.2) is 18.2 Å². The molecule has 0 heterocycles. The van der Waals surface area contributed by atoms with Crippen molar-refractivity contribution in [2.45, 2.75) is 18.9 Å². The maximum absolute atomic E-state index is 12.5. The summed E-state index contributed by atoms with van der Waals surface area (Å²) in [6.45, 7) is 0.179. The first-order valence-electron chi connectivity index (χ1n) is 5.19. The van der Waals surface area contributed by atoms with E-state index in [1.54, 1.807) is 0 Å². The van der Waals surface area contributed by atoms with Crippen LogP contribution in [0.1, 0.15) is 16.7 Å². The molecule has 0 aromatic heterocycles. The summed E-state index contributed by atoms with van der Waals surface area (Å²) in [5.74, 6) is 0.213. The zero-order chi connectivity index (χ0) is 14.7. The van der Waals surface area contributed by atoms with Crippen LogP contribution in [0.25, 0.3) is 0 Å². The van der Waals surface area contributed by atoms with E-state index in [9.17, 15) is 26.3 Å². The Morgan fingerprint density at radius 3 is 1.74 bits per heavy atom. The fraction of sp³-hybridized carbons (Fsp3) is 0.455. The Kier molecular flexibility index (Phi) is 5.09. The highest BCUT2D eigenvalue weighted by atomic mass is 35.5. The molecule has 0 saturated carbocycles. The van der Waals surface area contributed by atoms with E-state index in [-0.39, 0.29) is 24.1 Å². The second kappa shape index (κ2) is 6.00. The molecular weight excluding hydrogens is 296 g/mol. The quantitative estimate of drug-likeness (QED) is 0.503. The van der Waals surface area contributed by atoms with Gasteiger partial charge in [0.05, 0.1) is 11.1 Å². The zero-order valence-electron chi connectivity index (χ0n) is 9.50. The Hall–Kier alpha value is -0.950. The number of hydrogen-bond acceptors (Lipinski definition) is 1. The zero-order valence-corrected chi connectivity index (χ0v) is 10.3. The maximum Gasteiger partial charge on any atom is 0.416 e. The molecule has 1 N–H and O–H groups in total. The summed E-state index contributed by atoms with van der Waals surface area (Å²) in [5, 5.41) is 2.64. The van der Waals surface area contributed by atoms with Crippen molar-refractivity contribution in [3.8, 4) is 0 Å². The summed E-state index contributed by atoms with van der Waals surface area (Å²) >= 11 is 5.35. The van der Waals surface area contributed by atoms with Gasteiger partial charge in [0.15, 0.2) is 0 Å². The third-order valence-corrected chi connectivity index (χ3v) is 2.44. The van der Waals surface area contributed by atoms with E-state index in [1.165, 1.54) is 0 Å². The largest absolute Gasteiger partial charge is 0.416 e. The van der Waals surface area contributed by atoms with E-state index in [0.29, 0.717) is 18.7 Å². The third kappa shape index (κ3) is 4.91. The number of halogens is 7. The van der Waals surface area contributed by atoms with Crippen molar-refractivity contribution in [1.29, 1.82) is 0 Å². The predicted molar refractivity (Wildman–Crippen MR) is 58.9 cm³/mol. The lowest BCUT2D eigenvalue weighted by Gasteiger charge is -2.14. The molecule has 19 heavy (non-hydrogen) atoms. The molecule has 0 atom stereocenters. The summed E-state index contributed by atoms with van der Waals surface area (Å²) in [7, 11) is 0. The summed E-state index contributed by atoms with van der Waals surface area (Å²) in [4.78, 5) is 0. The summed E-state index contributed by atoms with van der Waals surface area (Å²) in [6, 6.07) is 1.48. The van der Waals surface area contributed by atoms with Crippen molar-refractivity contribution < 1.29 is 26.3 Å². The normalized spacial score (nSPS) is 12.8. The highest BCUT2D eigenvalue weighted by Crippen LogP contribution is 2.36.